The van der Waals surface area contributed by atoms with Crippen molar-refractivity contribution in [1.82, 2.24) is 9.97 Å². The number of amides is 1. The average Bonchev–Trinajstić information content (AvgIpc) is 2.69. The minimum Gasteiger partial charge on any atom is -0.326 e. The Labute approximate surface area is 167 Å². The van der Waals surface area contributed by atoms with Gasteiger partial charge in [-0.2, -0.15) is 0 Å². The van der Waals surface area contributed by atoms with Crippen LogP contribution in [0.5, 0.6) is 0 Å². The van der Waals surface area contributed by atoms with E-state index in [2.05, 4.69) is 56.6 Å². The van der Waals surface area contributed by atoms with Gasteiger partial charge in [0.15, 0.2) is 0 Å². The fourth-order valence-corrected chi connectivity index (χ4v) is 3.73. The SMILES string of the molecule is O=C1CCc2cc(Cc3ncc(Br)c(CCc4ccccc4)n3)ccc2N1. The van der Waals surface area contributed by atoms with Crippen LogP contribution >= 0.6 is 15.9 Å². The first kappa shape index (κ1) is 17.9. The lowest BCUT2D eigenvalue weighted by atomic mass is 9.99. The summed E-state index contributed by atoms with van der Waals surface area (Å²) in [6.07, 6.45) is 5.70. The third-order valence-corrected chi connectivity index (χ3v) is 5.45. The van der Waals surface area contributed by atoms with E-state index in [4.69, 9.17) is 4.98 Å². The predicted molar refractivity (Wildman–Crippen MR) is 110 cm³/mol. The van der Waals surface area contributed by atoms with Gasteiger partial charge in [0, 0.05) is 24.7 Å². The van der Waals surface area contributed by atoms with Crippen molar-refractivity contribution in [3.8, 4) is 0 Å². The summed E-state index contributed by atoms with van der Waals surface area (Å²) in [4.78, 5) is 20.8. The van der Waals surface area contributed by atoms with E-state index in [0.717, 1.165) is 40.9 Å². The van der Waals surface area contributed by atoms with Gasteiger partial charge in [-0.05, 0) is 57.9 Å². The number of nitrogens with zero attached hydrogens (tertiary/aromatic N) is 2. The second kappa shape index (κ2) is 8.01. The molecule has 0 saturated carbocycles. The Morgan fingerprint density at radius 1 is 1.00 bits per heavy atom. The monoisotopic (exact) mass is 421 g/mol. The Balaban J connectivity index is 1.49. The Kier molecular flexibility index (Phi) is 5.30. The van der Waals surface area contributed by atoms with Crippen molar-refractivity contribution in [2.75, 3.05) is 5.32 Å². The number of aryl methyl sites for hydroxylation is 3. The molecule has 4 nitrogen and oxygen atoms in total. The fraction of sp³-hybridized carbons (Fsp3) is 0.227. The molecule has 1 aliphatic rings. The summed E-state index contributed by atoms with van der Waals surface area (Å²) in [6.45, 7) is 0. The van der Waals surface area contributed by atoms with E-state index in [-0.39, 0.29) is 5.91 Å². The number of fused-ring (bicyclic) bond motifs is 1. The predicted octanol–water partition coefficient (Wildman–Crippen LogP) is 4.50. The summed E-state index contributed by atoms with van der Waals surface area (Å²) < 4.78 is 0.954. The molecule has 136 valence electrons. The average molecular weight is 422 g/mol. The zero-order chi connectivity index (χ0) is 18.6. The molecule has 1 amide bonds. The van der Waals surface area contributed by atoms with Crippen LogP contribution in [0.2, 0.25) is 0 Å². The molecule has 5 heteroatoms. The van der Waals surface area contributed by atoms with Gasteiger partial charge >= 0.3 is 0 Å². The third-order valence-electron chi connectivity index (χ3n) is 4.79. The van der Waals surface area contributed by atoms with Crippen molar-refractivity contribution in [1.29, 1.82) is 0 Å². The highest BCUT2D eigenvalue weighted by Crippen LogP contribution is 2.24. The van der Waals surface area contributed by atoms with Crippen LogP contribution in [0.4, 0.5) is 5.69 Å². The lowest BCUT2D eigenvalue weighted by Crippen LogP contribution is -2.19. The summed E-state index contributed by atoms with van der Waals surface area (Å²) in [5, 5.41) is 2.92. The largest absolute Gasteiger partial charge is 0.326 e. The minimum atomic E-state index is 0.0922. The molecule has 2 heterocycles. The molecule has 0 saturated heterocycles. The van der Waals surface area contributed by atoms with Crippen LogP contribution < -0.4 is 5.32 Å². The molecule has 0 bridgehead atoms. The number of hydrogen-bond acceptors (Lipinski definition) is 3. The Morgan fingerprint density at radius 2 is 1.85 bits per heavy atom. The molecule has 1 N–H and O–H groups in total. The summed E-state index contributed by atoms with van der Waals surface area (Å²) in [5.74, 6) is 0.913. The first-order valence-corrected chi connectivity index (χ1v) is 9.92. The molecule has 0 spiro atoms. The van der Waals surface area contributed by atoms with Crippen molar-refractivity contribution in [3.05, 3.63) is 87.4 Å². The molecule has 27 heavy (non-hydrogen) atoms. The number of nitrogens with one attached hydrogen (secondary N) is 1. The standard InChI is InChI=1S/C22H20BrN3O/c23-18-14-24-21(25-20(18)10-6-15-4-2-1-3-5-15)13-16-7-9-19-17(12-16)8-11-22(27)26-19/h1-5,7,9,12,14H,6,8,10-11,13H2,(H,26,27). The lowest BCUT2D eigenvalue weighted by Gasteiger charge is -2.17. The summed E-state index contributed by atoms with van der Waals surface area (Å²) in [5.41, 5.74) is 5.63. The summed E-state index contributed by atoms with van der Waals surface area (Å²) in [7, 11) is 0. The molecule has 0 unspecified atom stereocenters. The Hall–Kier alpha value is -2.53. The smallest absolute Gasteiger partial charge is 0.224 e. The second-order valence-electron chi connectivity index (χ2n) is 6.78. The number of anilines is 1. The van der Waals surface area contributed by atoms with E-state index in [1.165, 1.54) is 16.7 Å². The molecular formula is C22H20BrN3O. The molecule has 3 aromatic rings. The number of halogens is 1. The molecule has 0 aliphatic carbocycles. The highest BCUT2D eigenvalue weighted by Gasteiger charge is 2.15. The number of carbonyl (C=O) groups is 1. The maximum atomic E-state index is 11.5. The quantitative estimate of drug-likeness (QED) is 0.659. The van der Waals surface area contributed by atoms with Crippen molar-refractivity contribution < 1.29 is 4.79 Å². The van der Waals surface area contributed by atoms with Crippen molar-refractivity contribution in [2.45, 2.75) is 32.1 Å². The van der Waals surface area contributed by atoms with E-state index < -0.39 is 0 Å². The zero-order valence-electron chi connectivity index (χ0n) is 14.9. The van der Waals surface area contributed by atoms with Crippen LogP contribution in [0.1, 0.15) is 34.6 Å². The van der Waals surface area contributed by atoms with E-state index in [0.29, 0.717) is 12.8 Å². The van der Waals surface area contributed by atoms with Crippen LogP contribution in [-0.4, -0.2) is 15.9 Å². The van der Waals surface area contributed by atoms with Crippen LogP contribution in [0.3, 0.4) is 0 Å². The van der Waals surface area contributed by atoms with Gasteiger partial charge in [-0.1, -0.05) is 42.5 Å². The molecule has 1 aliphatic heterocycles. The summed E-state index contributed by atoms with van der Waals surface area (Å²) in [6, 6.07) is 16.6. The Bertz CT molecular complexity index is 973. The zero-order valence-corrected chi connectivity index (χ0v) is 16.5. The van der Waals surface area contributed by atoms with Crippen molar-refractivity contribution in [2.24, 2.45) is 0 Å². The molecule has 4 rings (SSSR count). The number of aromatic nitrogens is 2. The molecule has 0 fully saturated rings. The normalized spacial score (nSPS) is 13.1. The lowest BCUT2D eigenvalue weighted by molar-refractivity contribution is -0.116. The van der Waals surface area contributed by atoms with Gasteiger partial charge in [0.05, 0.1) is 10.2 Å². The maximum Gasteiger partial charge on any atom is 0.224 e. The summed E-state index contributed by atoms with van der Waals surface area (Å²) >= 11 is 3.58. The van der Waals surface area contributed by atoms with E-state index >= 15 is 0 Å². The maximum absolute atomic E-state index is 11.5. The van der Waals surface area contributed by atoms with Gasteiger partial charge < -0.3 is 5.32 Å². The van der Waals surface area contributed by atoms with Gasteiger partial charge in [0.25, 0.3) is 0 Å². The number of carbonyl (C=O) groups excluding carboxylic acids is 1. The minimum absolute atomic E-state index is 0.0922. The fourth-order valence-electron chi connectivity index (χ4n) is 3.34. The molecular weight excluding hydrogens is 402 g/mol. The van der Waals surface area contributed by atoms with Crippen molar-refractivity contribution in [3.63, 3.8) is 0 Å². The molecule has 0 radical (unpaired) electrons. The van der Waals surface area contributed by atoms with Gasteiger partial charge in [0.1, 0.15) is 5.82 Å². The topological polar surface area (TPSA) is 54.9 Å². The van der Waals surface area contributed by atoms with Gasteiger partial charge in [-0.15, -0.1) is 0 Å². The van der Waals surface area contributed by atoms with Crippen molar-refractivity contribution >= 4 is 27.5 Å². The third kappa shape index (κ3) is 4.42. The number of hydrogen-bond donors (Lipinski definition) is 1. The number of rotatable bonds is 5. The molecule has 1 aromatic heterocycles. The van der Waals surface area contributed by atoms with Gasteiger partial charge in [0.2, 0.25) is 5.91 Å². The molecule has 2 aromatic carbocycles. The van der Waals surface area contributed by atoms with Gasteiger partial charge in [-0.3, -0.25) is 4.79 Å². The highest BCUT2D eigenvalue weighted by atomic mass is 79.9. The van der Waals surface area contributed by atoms with Crippen LogP contribution in [0, 0.1) is 0 Å². The van der Waals surface area contributed by atoms with E-state index in [9.17, 15) is 4.79 Å². The molecule has 0 atom stereocenters. The van der Waals surface area contributed by atoms with Gasteiger partial charge in [-0.25, -0.2) is 9.97 Å². The first-order valence-electron chi connectivity index (χ1n) is 9.13. The van der Waals surface area contributed by atoms with Crippen LogP contribution in [0.25, 0.3) is 0 Å². The Morgan fingerprint density at radius 3 is 2.70 bits per heavy atom. The van der Waals surface area contributed by atoms with Crippen LogP contribution in [0.15, 0.2) is 59.2 Å². The first-order chi connectivity index (χ1) is 13.2. The van der Waals surface area contributed by atoms with E-state index in [1.54, 1.807) is 0 Å². The van der Waals surface area contributed by atoms with Crippen LogP contribution in [-0.2, 0) is 30.5 Å². The second-order valence-corrected chi connectivity index (χ2v) is 7.64. The highest BCUT2D eigenvalue weighted by molar-refractivity contribution is 9.10. The number of benzene rings is 2. The van der Waals surface area contributed by atoms with E-state index in [1.807, 2.05) is 24.4 Å².